The number of benzene rings is 1. The van der Waals surface area contributed by atoms with Crippen LogP contribution < -0.4 is 5.73 Å². The number of hydrogen-bond donors (Lipinski definition) is 1. The molecule has 0 aliphatic carbocycles. The second-order valence-electron chi connectivity index (χ2n) is 5.24. The number of nitrogens with zero attached hydrogens (tertiary/aromatic N) is 2. The molecule has 0 spiro atoms. The molecule has 0 aliphatic rings. The zero-order valence-electron chi connectivity index (χ0n) is 13.1. The van der Waals surface area contributed by atoms with E-state index < -0.39 is 0 Å². The van der Waals surface area contributed by atoms with E-state index in [0.717, 1.165) is 42.2 Å². The van der Waals surface area contributed by atoms with Crippen LogP contribution in [0.3, 0.4) is 0 Å². The Bertz CT molecular complexity index is 604. The lowest BCUT2D eigenvalue weighted by atomic mass is 9.96. The zero-order chi connectivity index (χ0) is 15.4. The summed E-state index contributed by atoms with van der Waals surface area (Å²) in [5.74, 6) is 0. The van der Waals surface area contributed by atoms with E-state index in [1.165, 1.54) is 11.1 Å². The molecule has 2 aromatic rings. The summed E-state index contributed by atoms with van der Waals surface area (Å²) in [5, 5.41) is 5.35. The van der Waals surface area contributed by atoms with Gasteiger partial charge in [0.1, 0.15) is 0 Å². The van der Waals surface area contributed by atoms with Gasteiger partial charge in [0.25, 0.3) is 0 Å². The van der Waals surface area contributed by atoms with E-state index in [1.807, 2.05) is 10.7 Å². The second kappa shape index (κ2) is 7.10. The van der Waals surface area contributed by atoms with Crippen LogP contribution in [-0.2, 0) is 25.8 Å². The molecule has 0 saturated carbocycles. The summed E-state index contributed by atoms with van der Waals surface area (Å²) in [5.41, 5.74) is 11.0. The van der Waals surface area contributed by atoms with Gasteiger partial charge in [-0.25, -0.2) is 0 Å². The highest BCUT2D eigenvalue weighted by Gasteiger charge is 2.19. The Labute approximate surface area is 132 Å². The molecule has 2 rings (SSSR count). The van der Waals surface area contributed by atoms with Crippen molar-refractivity contribution in [3.8, 4) is 0 Å². The molecule has 2 N–H and O–H groups in total. The van der Waals surface area contributed by atoms with Crippen molar-refractivity contribution >= 4 is 11.6 Å². The number of aromatic nitrogens is 2. The first kappa shape index (κ1) is 16.1. The van der Waals surface area contributed by atoms with Gasteiger partial charge in [0.15, 0.2) is 0 Å². The number of nitrogens with two attached hydrogens (primary N) is 1. The van der Waals surface area contributed by atoms with E-state index in [9.17, 15) is 0 Å². The Balaban J connectivity index is 2.31. The van der Waals surface area contributed by atoms with Crippen molar-refractivity contribution in [2.45, 2.75) is 52.6 Å². The molecule has 21 heavy (non-hydrogen) atoms. The van der Waals surface area contributed by atoms with E-state index in [0.29, 0.717) is 0 Å². The summed E-state index contributed by atoms with van der Waals surface area (Å²) < 4.78 is 1.98. The Morgan fingerprint density at radius 2 is 1.90 bits per heavy atom. The van der Waals surface area contributed by atoms with Crippen LogP contribution in [0.25, 0.3) is 0 Å². The predicted octanol–water partition coefficient (Wildman–Crippen LogP) is 3.92. The molecule has 0 bridgehead atoms. The molecule has 3 nitrogen and oxygen atoms in total. The molecule has 1 aromatic carbocycles. The van der Waals surface area contributed by atoms with Crippen LogP contribution in [0.2, 0.25) is 5.02 Å². The van der Waals surface area contributed by atoms with Crippen molar-refractivity contribution in [1.82, 2.24) is 9.78 Å². The average molecular weight is 306 g/mol. The molecule has 0 amide bonds. The summed E-state index contributed by atoms with van der Waals surface area (Å²) >= 11 is 6.47. The van der Waals surface area contributed by atoms with Gasteiger partial charge in [0, 0.05) is 19.0 Å². The quantitative estimate of drug-likeness (QED) is 0.879. The maximum atomic E-state index is 6.47. The highest BCUT2D eigenvalue weighted by Crippen LogP contribution is 2.27. The van der Waals surface area contributed by atoms with E-state index in [2.05, 4.69) is 44.1 Å². The smallest absolute Gasteiger partial charge is 0.0850 e. The molecule has 1 unspecified atom stereocenters. The summed E-state index contributed by atoms with van der Waals surface area (Å²) in [7, 11) is 0. The van der Waals surface area contributed by atoms with Crippen LogP contribution in [0.4, 0.5) is 0 Å². The van der Waals surface area contributed by atoms with Crippen LogP contribution in [0, 0.1) is 0 Å². The Kier molecular flexibility index (Phi) is 5.43. The molecule has 0 radical (unpaired) electrons. The first-order chi connectivity index (χ1) is 10.1. The molecule has 1 atom stereocenters. The van der Waals surface area contributed by atoms with Gasteiger partial charge in [-0.3, -0.25) is 4.68 Å². The van der Waals surface area contributed by atoms with Crippen molar-refractivity contribution in [3.05, 3.63) is 51.8 Å². The topological polar surface area (TPSA) is 43.8 Å². The highest BCUT2D eigenvalue weighted by molar-refractivity contribution is 6.31. The van der Waals surface area contributed by atoms with E-state index in [-0.39, 0.29) is 6.04 Å². The fourth-order valence-electron chi connectivity index (χ4n) is 2.75. The molecule has 4 heteroatoms. The molecule has 114 valence electrons. The summed E-state index contributed by atoms with van der Waals surface area (Å²) in [6.45, 7) is 7.13. The van der Waals surface area contributed by atoms with Crippen LogP contribution >= 0.6 is 11.6 Å². The molecule has 0 aliphatic heterocycles. The van der Waals surface area contributed by atoms with E-state index >= 15 is 0 Å². The number of rotatable bonds is 6. The van der Waals surface area contributed by atoms with Gasteiger partial charge in [-0.1, -0.05) is 49.7 Å². The summed E-state index contributed by atoms with van der Waals surface area (Å²) in [6, 6.07) is 8.32. The zero-order valence-corrected chi connectivity index (χ0v) is 13.8. The maximum absolute atomic E-state index is 6.47. The van der Waals surface area contributed by atoms with Crippen molar-refractivity contribution in [3.63, 3.8) is 0 Å². The number of hydrogen-bond acceptors (Lipinski definition) is 2. The predicted molar refractivity (Wildman–Crippen MR) is 88.7 cm³/mol. The normalized spacial score (nSPS) is 12.6. The van der Waals surface area contributed by atoms with Crippen LogP contribution in [0.5, 0.6) is 0 Å². The number of halogens is 1. The summed E-state index contributed by atoms with van der Waals surface area (Å²) in [6.07, 6.45) is 2.56. The first-order valence-corrected chi connectivity index (χ1v) is 8.07. The summed E-state index contributed by atoms with van der Waals surface area (Å²) in [4.78, 5) is 0. The third-order valence-corrected chi connectivity index (χ3v) is 4.38. The lowest BCUT2D eigenvalue weighted by Crippen LogP contribution is -2.18. The highest BCUT2D eigenvalue weighted by atomic mass is 35.5. The van der Waals surface area contributed by atoms with Crippen molar-refractivity contribution in [2.75, 3.05) is 0 Å². The SMILES string of the molecule is CCc1ccccc1C(N)Cc1c(Cl)c(CC)nn1CC. The first-order valence-electron chi connectivity index (χ1n) is 7.69. The van der Waals surface area contributed by atoms with Crippen molar-refractivity contribution < 1.29 is 0 Å². The van der Waals surface area contributed by atoms with Gasteiger partial charge >= 0.3 is 0 Å². The standard InChI is InChI=1S/C17H24ClN3/c1-4-12-9-7-8-10-13(12)14(19)11-16-17(18)15(5-2)20-21(16)6-3/h7-10,14H,4-6,11,19H2,1-3H3. The minimum atomic E-state index is -0.0506. The van der Waals surface area contributed by atoms with Gasteiger partial charge in [-0.2, -0.15) is 5.10 Å². The van der Waals surface area contributed by atoms with Gasteiger partial charge in [0.05, 0.1) is 16.4 Å². The average Bonchev–Trinajstić information content (AvgIpc) is 2.83. The monoisotopic (exact) mass is 305 g/mol. The molecule has 1 heterocycles. The molecule has 0 saturated heterocycles. The van der Waals surface area contributed by atoms with Crippen LogP contribution in [-0.4, -0.2) is 9.78 Å². The van der Waals surface area contributed by atoms with Crippen molar-refractivity contribution in [1.29, 1.82) is 0 Å². The Hall–Kier alpha value is -1.32. The van der Waals surface area contributed by atoms with Gasteiger partial charge in [-0.15, -0.1) is 0 Å². The van der Waals surface area contributed by atoms with E-state index in [1.54, 1.807) is 0 Å². The minimum Gasteiger partial charge on any atom is -0.324 e. The molecule has 0 fully saturated rings. The third kappa shape index (κ3) is 3.30. The van der Waals surface area contributed by atoms with Crippen LogP contribution in [0.1, 0.15) is 49.3 Å². The fourth-order valence-corrected chi connectivity index (χ4v) is 3.09. The second-order valence-corrected chi connectivity index (χ2v) is 5.62. The van der Waals surface area contributed by atoms with Gasteiger partial charge in [-0.05, 0) is 30.9 Å². The van der Waals surface area contributed by atoms with Crippen LogP contribution in [0.15, 0.2) is 24.3 Å². The third-order valence-electron chi connectivity index (χ3n) is 3.94. The van der Waals surface area contributed by atoms with Gasteiger partial charge in [0.2, 0.25) is 0 Å². The largest absolute Gasteiger partial charge is 0.324 e. The van der Waals surface area contributed by atoms with Crippen molar-refractivity contribution in [2.24, 2.45) is 5.73 Å². The maximum Gasteiger partial charge on any atom is 0.0850 e. The lowest BCUT2D eigenvalue weighted by molar-refractivity contribution is 0.584. The Morgan fingerprint density at radius 3 is 2.52 bits per heavy atom. The molecule has 1 aromatic heterocycles. The lowest BCUT2D eigenvalue weighted by Gasteiger charge is -2.16. The molecular formula is C17H24ClN3. The van der Waals surface area contributed by atoms with E-state index in [4.69, 9.17) is 17.3 Å². The minimum absolute atomic E-state index is 0.0506. The van der Waals surface area contributed by atoms with Gasteiger partial charge < -0.3 is 5.73 Å². The fraction of sp³-hybridized carbons (Fsp3) is 0.471. The number of aryl methyl sites for hydroxylation is 3. The Morgan fingerprint density at radius 1 is 1.19 bits per heavy atom. The molecular weight excluding hydrogens is 282 g/mol.